The minimum Gasteiger partial charge on any atom is -0.487 e. The van der Waals surface area contributed by atoms with E-state index in [2.05, 4.69) is 5.32 Å². The Bertz CT molecular complexity index is 808. The van der Waals surface area contributed by atoms with Crippen LogP contribution in [-0.2, 0) is 17.4 Å². The molecule has 1 aliphatic rings. The minimum atomic E-state index is -4.44. The van der Waals surface area contributed by atoms with Crippen molar-refractivity contribution in [3.63, 3.8) is 0 Å². The Morgan fingerprint density at radius 1 is 1.19 bits per heavy atom. The summed E-state index contributed by atoms with van der Waals surface area (Å²) in [6, 6.07) is 10.7. The smallest absolute Gasteiger partial charge is 0.417 e. The van der Waals surface area contributed by atoms with Gasteiger partial charge in [0.1, 0.15) is 11.9 Å². The SMILES string of the molecule is CSCC(=O)NC[C@H]1Cc2cccc(-c3ccccc3C(F)(F)F)c2O1. The molecule has 0 radical (unpaired) electrons. The van der Waals surface area contributed by atoms with Gasteiger partial charge in [-0.3, -0.25) is 4.79 Å². The van der Waals surface area contributed by atoms with Crippen molar-refractivity contribution >= 4 is 17.7 Å². The van der Waals surface area contributed by atoms with E-state index in [9.17, 15) is 18.0 Å². The second kappa shape index (κ2) is 7.61. The predicted molar refractivity (Wildman–Crippen MR) is 96.4 cm³/mol. The number of alkyl halides is 3. The molecular formula is C19H18F3NO2S. The molecule has 138 valence electrons. The van der Waals surface area contributed by atoms with Crippen LogP contribution in [0.15, 0.2) is 42.5 Å². The maximum Gasteiger partial charge on any atom is 0.417 e. The number of thioether (sulfide) groups is 1. The first-order valence-electron chi connectivity index (χ1n) is 8.11. The molecule has 1 N–H and O–H groups in total. The van der Waals surface area contributed by atoms with E-state index >= 15 is 0 Å². The molecule has 0 spiro atoms. The largest absolute Gasteiger partial charge is 0.487 e. The van der Waals surface area contributed by atoms with Crippen LogP contribution in [0.4, 0.5) is 13.2 Å². The molecule has 1 amide bonds. The van der Waals surface area contributed by atoms with Gasteiger partial charge in [-0.15, -0.1) is 0 Å². The van der Waals surface area contributed by atoms with E-state index in [-0.39, 0.29) is 17.6 Å². The Morgan fingerprint density at radius 3 is 2.65 bits per heavy atom. The number of rotatable bonds is 5. The summed E-state index contributed by atoms with van der Waals surface area (Å²) in [6.07, 6.45) is -2.33. The van der Waals surface area contributed by atoms with Gasteiger partial charge in [0.2, 0.25) is 5.91 Å². The van der Waals surface area contributed by atoms with E-state index in [0.717, 1.165) is 11.6 Å². The number of hydrogen-bond donors (Lipinski definition) is 1. The quantitative estimate of drug-likeness (QED) is 0.845. The molecule has 0 saturated heterocycles. The van der Waals surface area contributed by atoms with Crippen LogP contribution >= 0.6 is 11.8 Å². The molecule has 0 aromatic heterocycles. The molecule has 7 heteroatoms. The van der Waals surface area contributed by atoms with Crippen LogP contribution in [0.3, 0.4) is 0 Å². The number of ether oxygens (including phenoxy) is 1. The Kier molecular flexibility index (Phi) is 5.46. The number of nitrogens with one attached hydrogen (secondary N) is 1. The Balaban J connectivity index is 1.85. The second-order valence-corrected chi connectivity index (χ2v) is 6.88. The van der Waals surface area contributed by atoms with Crippen molar-refractivity contribution in [2.24, 2.45) is 0 Å². The number of halogens is 3. The van der Waals surface area contributed by atoms with Crippen molar-refractivity contribution in [3.8, 4) is 16.9 Å². The van der Waals surface area contributed by atoms with E-state index in [1.54, 1.807) is 18.2 Å². The zero-order chi connectivity index (χ0) is 18.7. The summed E-state index contributed by atoms with van der Waals surface area (Å²) < 4.78 is 46.0. The van der Waals surface area contributed by atoms with E-state index in [1.165, 1.54) is 23.9 Å². The van der Waals surface area contributed by atoms with Gasteiger partial charge in [0, 0.05) is 12.0 Å². The first-order chi connectivity index (χ1) is 12.4. The molecular weight excluding hydrogens is 363 g/mol. The number of para-hydroxylation sites is 1. The number of amides is 1. The van der Waals surface area contributed by atoms with Crippen molar-refractivity contribution < 1.29 is 22.7 Å². The average Bonchev–Trinajstić information content (AvgIpc) is 3.02. The Morgan fingerprint density at radius 2 is 1.92 bits per heavy atom. The van der Waals surface area contributed by atoms with Gasteiger partial charge in [0.25, 0.3) is 0 Å². The van der Waals surface area contributed by atoms with Crippen LogP contribution in [0.1, 0.15) is 11.1 Å². The normalized spacial score (nSPS) is 16.1. The average molecular weight is 381 g/mol. The van der Waals surface area contributed by atoms with Gasteiger partial charge in [-0.2, -0.15) is 24.9 Å². The first kappa shape index (κ1) is 18.6. The van der Waals surface area contributed by atoms with Crippen molar-refractivity contribution in [1.29, 1.82) is 0 Å². The maximum absolute atomic E-state index is 13.4. The monoisotopic (exact) mass is 381 g/mol. The lowest BCUT2D eigenvalue weighted by atomic mass is 9.96. The minimum absolute atomic E-state index is 0.0836. The van der Waals surface area contributed by atoms with E-state index < -0.39 is 11.7 Å². The molecule has 3 nitrogen and oxygen atoms in total. The lowest BCUT2D eigenvalue weighted by molar-refractivity contribution is -0.137. The summed E-state index contributed by atoms with van der Waals surface area (Å²) in [6.45, 7) is 0.328. The third-order valence-corrected chi connectivity index (χ3v) is 4.70. The van der Waals surface area contributed by atoms with Crippen LogP contribution in [0.5, 0.6) is 5.75 Å². The van der Waals surface area contributed by atoms with Crippen LogP contribution in [0, 0.1) is 0 Å². The van der Waals surface area contributed by atoms with E-state index in [4.69, 9.17) is 4.74 Å². The molecule has 3 rings (SSSR count). The summed E-state index contributed by atoms with van der Waals surface area (Å²) >= 11 is 1.42. The molecule has 1 aliphatic heterocycles. The zero-order valence-corrected chi connectivity index (χ0v) is 14.9. The van der Waals surface area contributed by atoms with Crippen LogP contribution in [-0.4, -0.2) is 30.6 Å². The van der Waals surface area contributed by atoms with Crippen molar-refractivity contribution in [2.45, 2.75) is 18.7 Å². The molecule has 0 unspecified atom stereocenters. The van der Waals surface area contributed by atoms with Crippen LogP contribution < -0.4 is 10.1 Å². The van der Waals surface area contributed by atoms with E-state index in [0.29, 0.717) is 30.0 Å². The highest BCUT2D eigenvalue weighted by atomic mass is 32.2. The molecule has 1 heterocycles. The third kappa shape index (κ3) is 3.98. The maximum atomic E-state index is 13.4. The van der Waals surface area contributed by atoms with Gasteiger partial charge in [-0.05, 0) is 23.4 Å². The van der Waals surface area contributed by atoms with E-state index in [1.807, 2.05) is 12.3 Å². The summed E-state index contributed by atoms with van der Waals surface area (Å²) in [7, 11) is 0. The van der Waals surface area contributed by atoms with Gasteiger partial charge in [0.15, 0.2) is 0 Å². The number of fused-ring (bicyclic) bond motifs is 1. The third-order valence-electron chi connectivity index (χ3n) is 4.15. The van der Waals surface area contributed by atoms with Crippen LogP contribution in [0.25, 0.3) is 11.1 Å². The summed E-state index contributed by atoms with van der Waals surface area (Å²) in [5.41, 5.74) is 0.689. The van der Waals surface area contributed by atoms with Gasteiger partial charge in [-0.1, -0.05) is 36.4 Å². The van der Waals surface area contributed by atoms with Crippen molar-refractivity contribution in [3.05, 3.63) is 53.6 Å². The Hall–Kier alpha value is -2.15. The summed E-state index contributed by atoms with van der Waals surface area (Å²) in [5.74, 6) is 0.747. The summed E-state index contributed by atoms with van der Waals surface area (Å²) in [5, 5.41) is 2.79. The second-order valence-electron chi connectivity index (χ2n) is 6.02. The number of carbonyl (C=O) groups excluding carboxylic acids is 1. The molecule has 2 aromatic rings. The van der Waals surface area contributed by atoms with Crippen molar-refractivity contribution in [2.75, 3.05) is 18.6 Å². The fourth-order valence-electron chi connectivity index (χ4n) is 3.04. The van der Waals surface area contributed by atoms with Gasteiger partial charge in [-0.25, -0.2) is 0 Å². The standard InChI is InChI=1S/C19H18F3NO2S/c1-26-11-17(24)23-10-13-9-12-5-4-7-15(18(12)25-13)14-6-2-3-8-16(14)19(20,21)22/h2-8,13H,9-11H2,1H3,(H,23,24)/t13-/m1/s1. The molecule has 2 aromatic carbocycles. The Labute approximate surface area is 153 Å². The molecule has 0 bridgehead atoms. The zero-order valence-electron chi connectivity index (χ0n) is 14.1. The fourth-order valence-corrected chi connectivity index (χ4v) is 3.40. The molecule has 0 aliphatic carbocycles. The summed E-state index contributed by atoms with van der Waals surface area (Å²) in [4.78, 5) is 11.6. The number of benzene rings is 2. The van der Waals surface area contributed by atoms with Gasteiger partial charge in [0.05, 0.1) is 17.9 Å². The molecule has 1 atom stereocenters. The molecule has 0 saturated carbocycles. The highest BCUT2D eigenvalue weighted by molar-refractivity contribution is 7.99. The first-order valence-corrected chi connectivity index (χ1v) is 9.50. The number of carbonyl (C=O) groups is 1. The lowest BCUT2D eigenvalue weighted by Gasteiger charge is -2.16. The highest BCUT2D eigenvalue weighted by Crippen LogP contribution is 2.43. The molecule has 26 heavy (non-hydrogen) atoms. The van der Waals surface area contributed by atoms with Crippen molar-refractivity contribution in [1.82, 2.24) is 5.32 Å². The van der Waals surface area contributed by atoms with Gasteiger partial charge < -0.3 is 10.1 Å². The fraction of sp³-hybridized carbons (Fsp3) is 0.316. The highest BCUT2D eigenvalue weighted by Gasteiger charge is 2.35. The topological polar surface area (TPSA) is 38.3 Å². The van der Waals surface area contributed by atoms with Crippen LogP contribution in [0.2, 0.25) is 0 Å². The number of hydrogen-bond acceptors (Lipinski definition) is 3. The lowest BCUT2D eigenvalue weighted by Crippen LogP contribution is -2.35. The molecule has 0 fully saturated rings. The predicted octanol–water partition coefficient (Wildman–Crippen LogP) is 4.16. The van der Waals surface area contributed by atoms with Gasteiger partial charge >= 0.3 is 6.18 Å².